The van der Waals surface area contributed by atoms with E-state index in [2.05, 4.69) is 15.6 Å². The van der Waals surface area contributed by atoms with Crippen LogP contribution in [-0.2, 0) is 25.7 Å². The number of nitrogens with two attached hydrogens (primary N) is 1. The van der Waals surface area contributed by atoms with Crippen LogP contribution in [0, 0.1) is 0 Å². The van der Waals surface area contributed by atoms with Crippen LogP contribution in [0.25, 0.3) is 0 Å². The summed E-state index contributed by atoms with van der Waals surface area (Å²) in [4.78, 5) is 45.7. The number of hydrogen-bond donors (Lipinski definition) is 3. The van der Waals surface area contributed by atoms with Crippen LogP contribution in [0.5, 0.6) is 0 Å². The molecule has 1 aliphatic rings. The van der Waals surface area contributed by atoms with Crippen LogP contribution >= 0.6 is 11.8 Å². The van der Waals surface area contributed by atoms with Crippen LogP contribution in [0.4, 0.5) is 5.82 Å². The van der Waals surface area contributed by atoms with Gasteiger partial charge in [0.15, 0.2) is 5.82 Å². The van der Waals surface area contributed by atoms with Gasteiger partial charge >= 0.3 is 0 Å². The highest BCUT2D eigenvalue weighted by atomic mass is 32.2. The molecule has 2 heterocycles. The molecule has 1 fully saturated rings. The molecule has 212 valence electrons. The summed E-state index contributed by atoms with van der Waals surface area (Å²) < 4.78 is 7.47. The first-order valence-corrected chi connectivity index (χ1v) is 14.3. The van der Waals surface area contributed by atoms with Gasteiger partial charge in [0.1, 0.15) is 12.1 Å². The summed E-state index contributed by atoms with van der Waals surface area (Å²) >= 11 is 1.83. The Morgan fingerprint density at radius 2 is 1.70 bits per heavy atom. The number of ether oxygens (including phenoxy) is 1. The second-order valence-corrected chi connectivity index (χ2v) is 11.4. The molecule has 40 heavy (non-hydrogen) atoms. The standard InChI is InChI=1S/C29H36N6O4S/c1-29(2,30)28(38)32-23(19-39-18-21-9-5-3-6-10-21)26(36)33-24-17-35(20-31-24)25(22-11-7-4-8-12-22)27(37)34-13-15-40-16-14-34/h3-12,17,20,23,25H,13-16,18-19,30H2,1-2H3,(H,32,38)(H,33,36)/t23-,25?/m1/s1. The van der Waals surface area contributed by atoms with E-state index >= 15 is 0 Å². The number of benzene rings is 2. The predicted molar refractivity (Wildman–Crippen MR) is 156 cm³/mol. The summed E-state index contributed by atoms with van der Waals surface area (Å²) in [5, 5.41) is 5.44. The van der Waals surface area contributed by atoms with E-state index in [-0.39, 0.29) is 24.9 Å². The van der Waals surface area contributed by atoms with Gasteiger partial charge in [-0.2, -0.15) is 11.8 Å². The summed E-state index contributed by atoms with van der Waals surface area (Å²) in [5.41, 5.74) is 6.52. The predicted octanol–water partition coefficient (Wildman–Crippen LogP) is 2.43. The zero-order valence-corrected chi connectivity index (χ0v) is 23.6. The van der Waals surface area contributed by atoms with Gasteiger partial charge in [0.05, 0.1) is 25.1 Å². The van der Waals surface area contributed by atoms with E-state index in [0.717, 1.165) is 22.6 Å². The minimum Gasteiger partial charge on any atom is -0.374 e. The number of amides is 3. The number of hydrogen-bond acceptors (Lipinski definition) is 7. The molecule has 0 radical (unpaired) electrons. The Hall–Kier alpha value is -3.67. The van der Waals surface area contributed by atoms with Gasteiger partial charge < -0.3 is 30.6 Å². The van der Waals surface area contributed by atoms with Crippen molar-refractivity contribution in [3.8, 4) is 0 Å². The molecule has 1 aromatic heterocycles. The zero-order chi connectivity index (χ0) is 28.5. The first kappa shape index (κ1) is 29.3. The fourth-order valence-corrected chi connectivity index (χ4v) is 5.09. The van der Waals surface area contributed by atoms with E-state index in [1.807, 2.05) is 77.3 Å². The largest absolute Gasteiger partial charge is 0.374 e. The number of carbonyl (C=O) groups excluding carboxylic acids is 3. The van der Waals surface area contributed by atoms with Crippen LogP contribution in [0.15, 0.2) is 73.2 Å². The van der Waals surface area contributed by atoms with Crippen molar-refractivity contribution in [2.45, 2.75) is 38.1 Å². The SMILES string of the molecule is CC(C)(N)C(=O)N[C@H](COCc1ccccc1)C(=O)Nc1cn(C(C(=O)N2CCSCC2)c2ccccc2)cn1. The maximum atomic E-state index is 13.6. The summed E-state index contributed by atoms with van der Waals surface area (Å²) in [5.74, 6) is 1.03. The van der Waals surface area contributed by atoms with Crippen LogP contribution in [0.2, 0.25) is 0 Å². The number of rotatable bonds is 11. The fraction of sp³-hybridized carbons (Fsp3) is 0.379. The number of nitrogens with zero attached hydrogens (tertiary/aromatic N) is 3. The van der Waals surface area contributed by atoms with Gasteiger partial charge in [0, 0.05) is 30.8 Å². The molecule has 1 saturated heterocycles. The monoisotopic (exact) mass is 564 g/mol. The number of anilines is 1. The Morgan fingerprint density at radius 3 is 2.35 bits per heavy atom. The van der Waals surface area contributed by atoms with Crippen molar-refractivity contribution in [2.75, 3.05) is 36.5 Å². The van der Waals surface area contributed by atoms with Crippen molar-refractivity contribution in [1.29, 1.82) is 0 Å². The van der Waals surface area contributed by atoms with Gasteiger partial charge in [0.25, 0.3) is 5.91 Å². The normalized spacial score (nSPS) is 15.2. The minimum atomic E-state index is -1.18. The van der Waals surface area contributed by atoms with Crippen molar-refractivity contribution in [3.05, 3.63) is 84.3 Å². The maximum absolute atomic E-state index is 13.6. The van der Waals surface area contributed by atoms with Gasteiger partial charge in [-0.05, 0) is 25.0 Å². The number of imidazole rings is 1. The molecule has 10 nitrogen and oxygen atoms in total. The van der Waals surface area contributed by atoms with Crippen LogP contribution in [0.3, 0.4) is 0 Å². The van der Waals surface area contributed by atoms with Gasteiger partial charge in [0.2, 0.25) is 11.8 Å². The third kappa shape index (κ3) is 7.93. The average Bonchev–Trinajstić information content (AvgIpc) is 3.41. The Balaban J connectivity index is 1.49. The molecule has 3 aromatic rings. The summed E-state index contributed by atoms with van der Waals surface area (Å²) in [7, 11) is 0. The van der Waals surface area contributed by atoms with Crippen molar-refractivity contribution in [2.24, 2.45) is 5.73 Å². The molecular weight excluding hydrogens is 528 g/mol. The highest BCUT2D eigenvalue weighted by Gasteiger charge is 2.31. The topological polar surface area (TPSA) is 132 Å². The van der Waals surface area contributed by atoms with Crippen molar-refractivity contribution in [3.63, 3.8) is 0 Å². The third-order valence-electron chi connectivity index (χ3n) is 6.43. The molecule has 2 atom stereocenters. The molecule has 3 amide bonds. The third-order valence-corrected chi connectivity index (χ3v) is 7.37. The molecule has 0 aliphatic carbocycles. The lowest BCUT2D eigenvalue weighted by Gasteiger charge is -2.30. The van der Waals surface area contributed by atoms with Gasteiger partial charge in [-0.3, -0.25) is 14.4 Å². The summed E-state index contributed by atoms with van der Waals surface area (Å²) in [6.07, 6.45) is 3.16. The van der Waals surface area contributed by atoms with Gasteiger partial charge in [-0.25, -0.2) is 4.98 Å². The second-order valence-electron chi connectivity index (χ2n) is 10.2. The van der Waals surface area contributed by atoms with Crippen LogP contribution in [0.1, 0.15) is 31.0 Å². The van der Waals surface area contributed by atoms with E-state index in [0.29, 0.717) is 13.1 Å². The molecule has 0 saturated carbocycles. The molecular formula is C29H36N6O4S. The van der Waals surface area contributed by atoms with E-state index in [1.165, 1.54) is 6.33 Å². The Bertz CT molecular complexity index is 1270. The lowest BCUT2D eigenvalue weighted by Crippen LogP contribution is -2.56. The van der Waals surface area contributed by atoms with Crippen molar-refractivity contribution < 1.29 is 19.1 Å². The smallest absolute Gasteiger partial charge is 0.250 e. The Morgan fingerprint density at radius 1 is 1.05 bits per heavy atom. The van der Waals surface area contributed by atoms with E-state index in [1.54, 1.807) is 24.6 Å². The van der Waals surface area contributed by atoms with Crippen LogP contribution < -0.4 is 16.4 Å². The summed E-state index contributed by atoms with van der Waals surface area (Å²) in [6, 6.07) is 17.4. The quantitative estimate of drug-likeness (QED) is 0.326. The number of thioether (sulfide) groups is 1. The fourth-order valence-electron chi connectivity index (χ4n) is 4.19. The maximum Gasteiger partial charge on any atom is 0.250 e. The first-order valence-electron chi connectivity index (χ1n) is 13.2. The highest BCUT2D eigenvalue weighted by Crippen LogP contribution is 2.24. The van der Waals surface area contributed by atoms with Crippen molar-refractivity contribution in [1.82, 2.24) is 19.8 Å². The molecule has 0 bridgehead atoms. The first-order chi connectivity index (χ1) is 19.2. The molecule has 11 heteroatoms. The number of carbonyl (C=O) groups is 3. The number of aromatic nitrogens is 2. The summed E-state index contributed by atoms with van der Waals surface area (Å²) in [6.45, 7) is 4.70. The van der Waals surface area contributed by atoms with E-state index in [4.69, 9.17) is 10.5 Å². The molecule has 1 unspecified atom stereocenters. The lowest BCUT2D eigenvalue weighted by molar-refractivity contribution is -0.133. The number of nitrogens with one attached hydrogen (secondary N) is 2. The molecule has 1 aliphatic heterocycles. The lowest BCUT2D eigenvalue weighted by atomic mass is 10.1. The minimum absolute atomic E-state index is 0.0218. The molecule has 2 aromatic carbocycles. The highest BCUT2D eigenvalue weighted by molar-refractivity contribution is 7.99. The average molecular weight is 565 g/mol. The zero-order valence-electron chi connectivity index (χ0n) is 22.8. The van der Waals surface area contributed by atoms with Crippen LogP contribution in [-0.4, -0.2) is 75.0 Å². The van der Waals surface area contributed by atoms with Gasteiger partial charge in [-0.1, -0.05) is 60.7 Å². The second kappa shape index (κ2) is 13.6. The Kier molecular flexibility index (Phi) is 9.97. The van der Waals surface area contributed by atoms with Crippen molar-refractivity contribution >= 4 is 35.3 Å². The van der Waals surface area contributed by atoms with Gasteiger partial charge in [-0.15, -0.1) is 0 Å². The molecule has 0 spiro atoms. The molecule has 4 N–H and O–H groups in total. The van der Waals surface area contributed by atoms with E-state index < -0.39 is 29.4 Å². The van der Waals surface area contributed by atoms with E-state index in [9.17, 15) is 14.4 Å². The molecule has 4 rings (SSSR count). The Labute approximate surface area is 238 Å².